The van der Waals surface area contributed by atoms with Gasteiger partial charge in [0.05, 0.1) is 5.01 Å². The van der Waals surface area contributed by atoms with Gasteiger partial charge in [0.15, 0.2) is 0 Å². The average Bonchev–Trinajstić information content (AvgIpc) is 2.80. The summed E-state index contributed by atoms with van der Waals surface area (Å²) in [4.78, 5) is 4.47. The Balaban J connectivity index is 2.07. The number of rotatable bonds is 7. The normalized spacial score (nSPS) is 12.6. The Morgan fingerprint density at radius 2 is 1.90 bits per heavy atom. The first-order valence-corrected chi connectivity index (χ1v) is 8.04. The van der Waals surface area contributed by atoms with Crippen molar-refractivity contribution < 1.29 is 8.78 Å². The summed E-state index contributed by atoms with van der Waals surface area (Å²) in [6.07, 6.45) is 2.38. The fraction of sp³-hybridized carbons (Fsp3) is 0.438. The van der Waals surface area contributed by atoms with Gasteiger partial charge in [0.1, 0.15) is 11.6 Å². The topological polar surface area (TPSA) is 24.9 Å². The molecule has 1 N–H and O–H groups in total. The molecule has 2 nitrogen and oxygen atoms in total. The van der Waals surface area contributed by atoms with Gasteiger partial charge >= 0.3 is 0 Å². The fourth-order valence-corrected chi connectivity index (χ4v) is 3.14. The molecule has 1 atom stereocenters. The van der Waals surface area contributed by atoms with E-state index in [4.69, 9.17) is 0 Å². The molecule has 0 aliphatic heterocycles. The number of nitrogens with one attached hydrogen (secondary N) is 1. The van der Waals surface area contributed by atoms with Gasteiger partial charge in [-0.05, 0) is 44.0 Å². The molecule has 0 amide bonds. The van der Waals surface area contributed by atoms with E-state index in [0.29, 0.717) is 12.0 Å². The van der Waals surface area contributed by atoms with Gasteiger partial charge in [-0.1, -0.05) is 6.92 Å². The van der Waals surface area contributed by atoms with Gasteiger partial charge in [-0.15, -0.1) is 11.3 Å². The zero-order valence-corrected chi connectivity index (χ0v) is 13.1. The second-order valence-electron chi connectivity index (χ2n) is 5.22. The number of aromatic nitrogens is 1. The van der Waals surface area contributed by atoms with E-state index in [1.54, 1.807) is 11.3 Å². The van der Waals surface area contributed by atoms with Crippen molar-refractivity contribution in [3.05, 3.63) is 51.5 Å². The van der Waals surface area contributed by atoms with Crippen LogP contribution in [0, 0.1) is 18.6 Å². The van der Waals surface area contributed by atoms with Gasteiger partial charge in [-0.25, -0.2) is 13.8 Å². The first-order valence-electron chi connectivity index (χ1n) is 7.16. The van der Waals surface area contributed by atoms with E-state index in [1.807, 2.05) is 12.3 Å². The van der Waals surface area contributed by atoms with Crippen LogP contribution in [-0.2, 0) is 12.8 Å². The summed E-state index contributed by atoms with van der Waals surface area (Å²) < 4.78 is 26.6. The van der Waals surface area contributed by atoms with Crippen molar-refractivity contribution >= 4 is 11.3 Å². The summed E-state index contributed by atoms with van der Waals surface area (Å²) in [5.41, 5.74) is 1.69. The van der Waals surface area contributed by atoms with Crippen molar-refractivity contribution in [1.82, 2.24) is 10.3 Å². The minimum absolute atomic E-state index is 0.136. The molecule has 0 spiro atoms. The van der Waals surface area contributed by atoms with Crippen LogP contribution in [0.3, 0.4) is 0 Å². The van der Waals surface area contributed by atoms with Crippen LogP contribution in [-0.4, -0.2) is 17.6 Å². The van der Waals surface area contributed by atoms with Crippen molar-refractivity contribution in [2.24, 2.45) is 0 Å². The number of hydrogen-bond acceptors (Lipinski definition) is 3. The Morgan fingerprint density at radius 1 is 1.19 bits per heavy atom. The summed E-state index contributed by atoms with van der Waals surface area (Å²) in [5.74, 6) is -1.05. The summed E-state index contributed by atoms with van der Waals surface area (Å²) in [6, 6.07) is 3.84. The number of hydrogen-bond donors (Lipinski definition) is 1. The highest BCUT2D eigenvalue weighted by Gasteiger charge is 2.13. The minimum atomic E-state index is -0.524. The SMILES string of the molecule is CCCNC(Cc1cc(F)cc(F)c1)Cc1nc(C)cs1. The second kappa shape index (κ2) is 7.61. The zero-order chi connectivity index (χ0) is 15.2. The van der Waals surface area contributed by atoms with Crippen molar-refractivity contribution in [1.29, 1.82) is 0 Å². The Morgan fingerprint density at radius 3 is 2.48 bits per heavy atom. The van der Waals surface area contributed by atoms with Gasteiger partial charge in [0.25, 0.3) is 0 Å². The summed E-state index contributed by atoms with van der Waals surface area (Å²) in [5, 5.41) is 6.51. The molecule has 5 heteroatoms. The minimum Gasteiger partial charge on any atom is -0.313 e. The third-order valence-corrected chi connectivity index (χ3v) is 4.16. The molecule has 1 heterocycles. The van der Waals surface area contributed by atoms with E-state index in [0.717, 1.165) is 36.2 Å². The van der Waals surface area contributed by atoms with Crippen molar-refractivity contribution in [2.75, 3.05) is 6.54 Å². The third-order valence-electron chi connectivity index (χ3n) is 3.18. The first kappa shape index (κ1) is 16.0. The van der Waals surface area contributed by atoms with Crippen LogP contribution < -0.4 is 5.32 Å². The van der Waals surface area contributed by atoms with E-state index in [9.17, 15) is 8.78 Å². The van der Waals surface area contributed by atoms with Crippen LogP contribution in [0.4, 0.5) is 8.78 Å². The number of benzene rings is 1. The lowest BCUT2D eigenvalue weighted by Gasteiger charge is -2.17. The van der Waals surface area contributed by atoms with E-state index < -0.39 is 11.6 Å². The Labute approximate surface area is 128 Å². The smallest absolute Gasteiger partial charge is 0.126 e. The predicted octanol–water partition coefficient (Wildman–Crippen LogP) is 3.88. The highest BCUT2D eigenvalue weighted by atomic mass is 32.1. The first-order chi connectivity index (χ1) is 10.1. The standard InChI is InChI=1S/C16H20F2N2S/c1-3-4-19-15(9-16-20-11(2)10-21-16)7-12-5-13(17)8-14(18)6-12/h5-6,8,10,15,19H,3-4,7,9H2,1-2H3. The maximum absolute atomic E-state index is 13.3. The lowest BCUT2D eigenvalue weighted by molar-refractivity contribution is 0.499. The van der Waals surface area contributed by atoms with E-state index in [2.05, 4.69) is 17.2 Å². The quantitative estimate of drug-likeness (QED) is 0.839. The maximum atomic E-state index is 13.3. The van der Waals surface area contributed by atoms with Gasteiger partial charge < -0.3 is 5.32 Å². The molecular weight excluding hydrogens is 290 g/mol. The lowest BCUT2D eigenvalue weighted by Crippen LogP contribution is -2.33. The Bertz CT molecular complexity index is 563. The van der Waals surface area contributed by atoms with Crippen molar-refractivity contribution in [3.63, 3.8) is 0 Å². The van der Waals surface area contributed by atoms with Crippen LogP contribution >= 0.6 is 11.3 Å². The maximum Gasteiger partial charge on any atom is 0.126 e. The third kappa shape index (κ3) is 5.17. The fourth-order valence-electron chi connectivity index (χ4n) is 2.29. The molecule has 2 rings (SSSR count). The molecule has 0 aliphatic rings. The molecule has 1 unspecified atom stereocenters. The zero-order valence-electron chi connectivity index (χ0n) is 12.3. The van der Waals surface area contributed by atoms with Gasteiger partial charge in [-0.3, -0.25) is 0 Å². The average molecular weight is 310 g/mol. The largest absolute Gasteiger partial charge is 0.313 e. The molecule has 0 saturated carbocycles. The summed E-state index contributed by atoms with van der Waals surface area (Å²) in [7, 11) is 0. The Hall–Kier alpha value is -1.33. The number of thiazole rings is 1. The van der Waals surface area contributed by atoms with E-state index in [1.165, 1.54) is 12.1 Å². The molecule has 0 fully saturated rings. The molecule has 0 radical (unpaired) electrons. The van der Waals surface area contributed by atoms with Crippen LogP contribution in [0.5, 0.6) is 0 Å². The molecule has 1 aromatic heterocycles. The van der Waals surface area contributed by atoms with E-state index in [-0.39, 0.29) is 6.04 Å². The van der Waals surface area contributed by atoms with E-state index >= 15 is 0 Å². The molecule has 1 aromatic carbocycles. The monoisotopic (exact) mass is 310 g/mol. The summed E-state index contributed by atoms with van der Waals surface area (Å²) >= 11 is 1.63. The number of halogens is 2. The lowest BCUT2D eigenvalue weighted by atomic mass is 10.0. The molecule has 0 saturated heterocycles. The molecule has 0 bridgehead atoms. The molecular formula is C16H20F2N2S. The van der Waals surface area contributed by atoms with Crippen LogP contribution in [0.1, 0.15) is 29.6 Å². The number of nitrogens with zero attached hydrogens (tertiary/aromatic N) is 1. The Kier molecular flexibility index (Phi) is 5.82. The van der Waals surface area contributed by atoms with Crippen LogP contribution in [0.25, 0.3) is 0 Å². The van der Waals surface area contributed by atoms with Crippen LogP contribution in [0.15, 0.2) is 23.6 Å². The van der Waals surface area contributed by atoms with Gasteiger partial charge in [0, 0.05) is 29.6 Å². The van der Waals surface area contributed by atoms with Crippen LogP contribution in [0.2, 0.25) is 0 Å². The number of aryl methyl sites for hydroxylation is 1. The molecule has 21 heavy (non-hydrogen) atoms. The van der Waals surface area contributed by atoms with Crippen molar-refractivity contribution in [2.45, 2.75) is 39.2 Å². The highest BCUT2D eigenvalue weighted by Crippen LogP contribution is 2.15. The molecule has 0 aliphatic carbocycles. The summed E-state index contributed by atoms with van der Waals surface area (Å²) in [6.45, 7) is 4.95. The predicted molar refractivity (Wildman–Crippen MR) is 82.7 cm³/mol. The molecule has 114 valence electrons. The highest BCUT2D eigenvalue weighted by molar-refractivity contribution is 7.09. The molecule has 2 aromatic rings. The van der Waals surface area contributed by atoms with Gasteiger partial charge in [0.2, 0.25) is 0 Å². The van der Waals surface area contributed by atoms with Crippen molar-refractivity contribution in [3.8, 4) is 0 Å². The second-order valence-corrected chi connectivity index (χ2v) is 6.16. The van der Waals surface area contributed by atoms with Gasteiger partial charge in [-0.2, -0.15) is 0 Å².